The van der Waals surface area contributed by atoms with Crippen LogP contribution in [-0.4, -0.2) is 5.43 Å². The van der Waals surface area contributed by atoms with Crippen LogP contribution < -0.4 is 0 Å². The molecule has 0 saturated carbocycles. The Labute approximate surface area is 94.5 Å². The first-order valence-electron chi connectivity index (χ1n) is 3.41. The molecule has 0 saturated heterocycles. The van der Waals surface area contributed by atoms with E-state index in [1.54, 1.807) is 0 Å². The summed E-state index contributed by atoms with van der Waals surface area (Å²) in [5.74, 6) is -10.8. The van der Waals surface area contributed by atoms with Gasteiger partial charge in [0.15, 0.2) is 23.3 Å². The summed E-state index contributed by atoms with van der Waals surface area (Å²) in [6, 6.07) is 0. The lowest BCUT2D eigenvalue weighted by molar-refractivity contribution is 0.232. The Morgan fingerprint density at radius 1 is 0.938 bits per heavy atom. The van der Waals surface area contributed by atoms with Gasteiger partial charge < -0.3 is 4.18 Å². The van der Waals surface area contributed by atoms with Crippen molar-refractivity contribution < 1.29 is 30.9 Å². The molecule has 0 N–H and O–H groups in total. The van der Waals surface area contributed by atoms with E-state index in [0.29, 0.717) is 0 Å². The predicted molar refractivity (Wildman–Crippen MR) is 44.4 cm³/mol. The van der Waals surface area contributed by atoms with Crippen LogP contribution in [0.15, 0.2) is 4.90 Å². The summed E-state index contributed by atoms with van der Waals surface area (Å²) in [7, 11) is 0. The molecule has 0 aliphatic carbocycles. The van der Waals surface area contributed by atoms with E-state index in [4.69, 9.17) is 0 Å². The minimum absolute atomic E-state index is 0.359. The van der Waals surface area contributed by atoms with Crippen LogP contribution in [-0.2, 0) is 4.18 Å². The zero-order chi connectivity index (χ0) is 12.5. The van der Waals surface area contributed by atoms with Crippen molar-refractivity contribution >= 4 is 29.1 Å². The number of carbonyl (C=O) groups excluding carboxylic acids is 1. The van der Waals surface area contributed by atoms with Gasteiger partial charge in [-0.1, -0.05) is 0 Å². The van der Waals surface area contributed by atoms with Crippen molar-refractivity contribution in [2.75, 3.05) is 0 Å². The quantitative estimate of drug-likeness (QED) is 0.271. The fraction of sp³-hybridized carbons (Fsp3) is 0. The fourth-order valence-electron chi connectivity index (χ4n) is 0.732. The van der Waals surface area contributed by atoms with Gasteiger partial charge in [-0.05, 0) is 0 Å². The Morgan fingerprint density at radius 2 is 1.31 bits per heavy atom. The maximum atomic E-state index is 12.9. The molecule has 0 unspecified atom stereocenters. The van der Waals surface area contributed by atoms with E-state index < -0.39 is 39.4 Å². The molecule has 0 aliphatic rings. The summed E-state index contributed by atoms with van der Waals surface area (Å²) in [5.41, 5.74) is -1.46. The third-order valence-corrected chi connectivity index (χ3v) is 2.29. The molecule has 0 heterocycles. The van der Waals surface area contributed by atoms with Gasteiger partial charge in [0.1, 0.15) is 16.9 Å². The van der Waals surface area contributed by atoms with Crippen LogP contribution in [0.3, 0.4) is 0 Å². The molecular weight excluding hydrogens is 279 g/mol. The number of hydrogen-bond donors (Lipinski definition) is 0. The molecule has 0 aliphatic heterocycles. The van der Waals surface area contributed by atoms with E-state index in [2.05, 4.69) is 15.8 Å². The third-order valence-electron chi connectivity index (χ3n) is 1.36. The summed E-state index contributed by atoms with van der Waals surface area (Å²) < 4.78 is 67.3. The molecule has 1 rings (SSSR count). The highest BCUT2D eigenvalue weighted by atomic mass is 35.5. The first kappa shape index (κ1) is 13.0. The van der Waals surface area contributed by atoms with E-state index in [-0.39, 0.29) is 12.0 Å². The van der Waals surface area contributed by atoms with Gasteiger partial charge in [-0.2, -0.15) is 0 Å². The molecule has 0 amide bonds. The lowest BCUT2D eigenvalue weighted by atomic mass is 10.3. The van der Waals surface area contributed by atoms with E-state index in [9.17, 15) is 26.7 Å². The second kappa shape index (κ2) is 4.88. The number of hydrogen-bond acceptors (Lipinski definition) is 3. The summed E-state index contributed by atoms with van der Waals surface area (Å²) in [6.07, 6.45) is 0. The number of rotatable bonds is 2. The topological polar surface area (TPSA) is 26.3 Å². The highest BCUT2D eigenvalue weighted by molar-refractivity contribution is 7.95. The monoisotopic (exact) mass is 278 g/mol. The largest absolute Gasteiger partial charge is 0.416 e. The number of halogens is 6. The van der Waals surface area contributed by atoms with E-state index in [1.807, 2.05) is 0 Å². The molecule has 0 spiro atoms. The molecule has 2 nitrogen and oxygen atoms in total. The van der Waals surface area contributed by atoms with Crippen molar-refractivity contribution in [2.45, 2.75) is 4.90 Å². The SMILES string of the molecule is O=C(Cl)OSc1c(F)c(F)c(F)c(F)c1F. The van der Waals surface area contributed by atoms with Crippen LogP contribution in [0.2, 0.25) is 0 Å². The maximum absolute atomic E-state index is 12.9. The van der Waals surface area contributed by atoms with Gasteiger partial charge in [-0.15, -0.1) is 0 Å². The van der Waals surface area contributed by atoms with E-state index >= 15 is 0 Å². The Kier molecular flexibility index (Phi) is 3.98. The molecule has 88 valence electrons. The van der Waals surface area contributed by atoms with Gasteiger partial charge in [0.05, 0.1) is 0 Å². The third kappa shape index (κ3) is 2.38. The van der Waals surface area contributed by atoms with Crippen LogP contribution in [0.1, 0.15) is 0 Å². The van der Waals surface area contributed by atoms with Crippen molar-refractivity contribution in [1.29, 1.82) is 0 Å². The van der Waals surface area contributed by atoms with E-state index in [1.165, 1.54) is 0 Å². The Morgan fingerprint density at radius 3 is 1.69 bits per heavy atom. The van der Waals surface area contributed by atoms with Crippen LogP contribution in [0.25, 0.3) is 0 Å². The smallest absolute Gasteiger partial charge is 0.374 e. The van der Waals surface area contributed by atoms with Gasteiger partial charge in [-0.3, -0.25) is 0 Å². The zero-order valence-corrected chi connectivity index (χ0v) is 8.56. The second-order valence-corrected chi connectivity index (χ2v) is 3.35. The van der Waals surface area contributed by atoms with Gasteiger partial charge in [-0.25, -0.2) is 26.7 Å². The highest BCUT2D eigenvalue weighted by Crippen LogP contribution is 2.31. The summed E-state index contributed by atoms with van der Waals surface area (Å²) >= 11 is 4.30. The lowest BCUT2D eigenvalue weighted by Crippen LogP contribution is -2.03. The average Bonchev–Trinajstić information content (AvgIpc) is 2.23. The molecule has 16 heavy (non-hydrogen) atoms. The zero-order valence-electron chi connectivity index (χ0n) is 6.99. The normalized spacial score (nSPS) is 10.4. The molecule has 0 aromatic heterocycles. The van der Waals surface area contributed by atoms with Gasteiger partial charge in [0.2, 0.25) is 5.82 Å². The van der Waals surface area contributed by atoms with Crippen molar-refractivity contribution in [3.63, 3.8) is 0 Å². The molecular formula is C7ClF5O2S. The van der Waals surface area contributed by atoms with Gasteiger partial charge in [0, 0.05) is 11.6 Å². The first-order valence-corrected chi connectivity index (χ1v) is 4.53. The summed E-state index contributed by atoms with van der Waals surface area (Å²) in [4.78, 5) is 8.75. The molecule has 1 aromatic carbocycles. The van der Waals surface area contributed by atoms with Crippen molar-refractivity contribution in [2.24, 2.45) is 0 Å². The Bertz CT molecular complexity index is 424. The predicted octanol–water partition coefficient (Wildman–Crippen LogP) is 3.76. The Balaban J connectivity index is 3.23. The lowest BCUT2D eigenvalue weighted by Gasteiger charge is -2.05. The average molecular weight is 279 g/mol. The van der Waals surface area contributed by atoms with Crippen molar-refractivity contribution in [1.82, 2.24) is 0 Å². The van der Waals surface area contributed by atoms with Crippen LogP contribution in [0.5, 0.6) is 0 Å². The minimum Gasteiger partial charge on any atom is -0.374 e. The number of carbonyl (C=O) groups is 1. The van der Waals surface area contributed by atoms with Gasteiger partial charge in [0.25, 0.3) is 0 Å². The van der Waals surface area contributed by atoms with Crippen LogP contribution in [0, 0.1) is 29.1 Å². The molecule has 0 fully saturated rings. The number of benzene rings is 1. The van der Waals surface area contributed by atoms with Crippen LogP contribution in [0.4, 0.5) is 26.7 Å². The minimum atomic E-state index is -2.29. The Hall–Kier alpha value is -1.02. The van der Waals surface area contributed by atoms with E-state index in [0.717, 1.165) is 0 Å². The molecule has 1 aromatic rings. The molecule has 0 atom stereocenters. The molecule has 9 heteroatoms. The van der Waals surface area contributed by atoms with Crippen molar-refractivity contribution in [3.8, 4) is 0 Å². The summed E-state index contributed by atoms with van der Waals surface area (Å²) in [5, 5.41) is 0. The fourth-order valence-corrected chi connectivity index (χ4v) is 1.30. The van der Waals surface area contributed by atoms with Crippen LogP contribution >= 0.6 is 23.6 Å². The van der Waals surface area contributed by atoms with Crippen molar-refractivity contribution in [3.05, 3.63) is 29.1 Å². The highest BCUT2D eigenvalue weighted by Gasteiger charge is 2.27. The van der Waals surface area contributed by atoms with Gasteiger partial charge >= 0.3 is 5.43 Å². The molecule has 0 bridgehead atoms. The first-order chi connectivity index (χ1) is 7.36. The standard InChI is InChI=1S/C7ClF5O2S/c8-7(14)15-16-6-4(12)2(10)1(9)3(11)5(6)13. The maximum Gasteiger partial charge on any atom is 0.416 e. The second-order valence-electron chi connectivity index (χ2n) is 2.30. The molecule has 0 radical (unpaired) electrons. The summed E-state index contributed by atoms with van der Waals surface area (Å²) in [6.45, 7) is 0.